The number of nitrogens with two attached hydrogens (primary N) is 1. The number of halogens is 1. The maximum absolute atomic E-state index is 11.2. The highest BCUT2D eigenvalue weighted by Crippen LogP contribution is 2.33. The van der Waals surface area contributed by atoms with Gasteiger partial charge in [0.25, 0.3) is 0 Å². The molecule has 18 heavy (non-hydrogen) atoms. The highest BCUT2D eigenvalue weighted by atomic mass is 35.5. The SMILES string of the molecule is Cl.N[C@H](c1ccccc1C(=O)O)C1CCCCC1. The molecule has 100 valence electrons. The van der Waals surface area contributed by atoms with E-state index in [1.165, 1.54) is 19.3 Å². The van der Waals surface area contributed by atoms with Crippen LogP contribution in [0.5, 0.6) is 0 Å². The summed E-state index contributed by atoms with van der Waals surface area (Å²) < 4.78 is 0. The molecule has 0 spiro atoms. The van der Waals surface area contributed by atoms with Crippen LogP contribution in [0.3, 0.4) is 0 Å². The molecule has 0 aromatic heterocycles. The van der Waals surface area contributed by atoms with Crippen molar-refractivity contribution >= 4 is 18.4 Å². The van der Waals surface area contributed by atoms with Gasteiger partial charge in [0.1, 0.15) is 0 Å². The van der Waals surface area contributed by atoms with E-state index >= 15 is 0 Å². The van der Waals surface area contributed by atoms with Gasteiger partial charge < -0.3 is 10.8 Å². The molecule has 1 fully saturated rings. The van der Waals surface area contributed by atoms with E-state index in [9.17, 15) is 4.79 Å². The number of carboxylic acids is 1. The number of carboxylic acid groups (broad SMARTS) is 1. The molecule has 4 heteroatoms. The molecule has 1 aromatic carbocycles. The molecule has 1 aromatic rings. The molecule has 0 unspecified atom stereocenters. The Morgan fingerprint density at radius 2 is 1.83 bits per heavy atom. The van der Waals surface area contributed by atoms with Crippen LogP contribution in [0, 0.1) is 5.92 Å². The monoisotopic (exact) mass is 269 g/mol. The predicted molar refractivity (Wildman–Crippen MR) is 74.2 cm³/mol. The summed E-state index contributed by atoms with van der Waals surface area (Å²) in [4.78, 5) is 11.2. The minimum atomic E-state index is -0.883. The van der Waals surface area contributed by atoms with Gasteiger partial charge in [-0.05, 0) is 30.4 Å². The van der Waals surface area contributed by atoms with Gasteiger partial charge >= 0.3 is 5.97 Å². The van der Waals surface area contributed by atoms with Gasteiger partial charge in [-0.25, -0.2) is 4.79 Å². The van der Waals surface area contributed by atoms with Gasteiger partial charge in [0.15, 0.2) is 0 Å². The molecule has 1 saturated carbocycles. The van der Waals surface area contributed by atoms with Crippen LogP contribution < -0.4 is 5.73 Å². The summed E-state index contributed by atoms with van der Waals surface area (Å²) in [7, 11) is 0. The molecule has 0 amide bonds. The Kier molecular flexibility index (Phi) is 5.63. The number of aromatic carboxylic acids is 1. The summed E-state index contributed by atoms with van der Waals surface area (Å²) in [6.45, 7) is 0. The van der Waals surface area contributed by atoms with Gasteiger partial charge in [-0.3, -0.25) is 0 Å². The number of hydrogen-bond donors (Lipinski definition) is 2. The third-order valence-electron chi connectivity index (χ3n) is 3.71. The first-order valence-corrected chi connectivity index (χ1v) is 6.28. The molecule has 3 nitrogen and oxygen atoms in total. The van der Waals surface area contributed by atoms with Crippen molar-refractivity contribution < 1.29 is 9.90 Å². The maximum Gasteiger partial charge on any atom is 0.336 e. The smallest absolute Gasteiger partial charge is 0.336 e. The third-order valence-corrected chi connectivity index (χ3v) is 3.71. The Hall–Kier alpha value is -1.06. The quantitative estimate of drug-likeness (QED) is 0.884. The molecular formula is C14H20ClNO2. The molecule has 1 aliphatic rings. The first-order chi connectivity index (χ1) is 8.20. The number of benzene rings is 1. The number of rotatable bonds is 3. The molecule has 0 radical (unpaired) electrons. The zero-order valence-electron chi connectivity index (χ0n) is 10.3. The number of carbonyl (C=O) groups is 1. The average Bonchev–Trinajstić information content (AvgIpc) is 2.39. The molecule has 0 saturated heterocycles. The van der Waals surface area contributed by atoms with E-state index in [1.807, 2.05) is 12.1 Å². The molecule has 0 aliphatic heterocycles. The van der Waals surface area contributed by atoms with Crippen LogP contribution >= 0.6 is 12.4 Å². The molecule has 0 heterocycles. The zero-order chi connectivity index (χ0) is 12.3. The Morgan fingerprint density at radius 1 is 1.22 bits per heavy atom. The van der Waals surface area contributed by atoms with Crippen LogP contribution in [-0.4, -0.2) is 11.1 Å². The summed E-state index contributed by atoms with van der Waals surface area (Å²) in [5, 5.41) is 9.16. The molecule has 0 bridgehead atoms. The first kappa shape index (κ1) is 15.0. The maximum atomic E-state index is 11.2. The summed E-state index contributed by atoms with van der Waals surface area (Å²) >= 11 is 0. The molecular weight excluding hydrogens is 250 g/mol. The Balaban J connectivity index is 0.00000162. The zero-order valence-corrected chi connectivity index (χ0v) is 11.2. The van der Waals surface area contributed by atoms with Crippen LogP contribution in [-0.2, 0) is 0 Å². The Labute approximate surface area is 114 Å². The van der Waals surface area contributed by atoms with Crippen molar-refractivity contribution in [2.24, 2.45) is 11.7 Å². The van der Waals surface area contributed by atoms with Gasteiger partial charge in [0.2, 0.25) is 0 Å². The van der Waals surface area contributed by atoms with E-state index in [0.29, 0.717) is 11.5 Å². The Bertz CT molecular complexity index is 403. The van der Waals surface area contributed by atoms with E-state index < -0.39 is 5.97 Å². The second kappa shape index (κ2) is 6.76. The topological polar surface area (TPSA) is 63.3 Å². The first-order valence-electron chi connectivity index (χ1n) is 6.28. The highest BCUT2D eigenvalue weighted by molar-refractivity contribution is 5.89. The van der Waals surface area contributed by atoms with Gasteiger partial charge in [0, 0.05) is 6.04 Å². The molecule has 2 rings (SSSR count). The minimum absolute atomic E-state index is 0. The predicted octanol–water partition coefficient (Wildman–Crippen LogP) is 3.39. The molecule has 3 N–H and O–H groups in total. The van der Waals surface area contributed by atoms with E-state index in [-0.39, 0.29) is 18.4 Å². The van der Waals surface area contributed by atoms with E-state index in [4.69, 9.17) is 10.8 Å². The standard InChI is InChI=1S/C14H19NO2.ClH/c15-13(10-6-2-1-3-7-10)11-8-4-5-9-12(11)14(16)17;/h4-5,8-10,13H,1-3,6-7,15H2,(H,16,17);1H/t13-;/m0./s1. The minimum Gasteiger partial charge on any atom is -0.478 e. The normalized spacial score (nSPS) is 17.8. The van der Waals surface area contributed by atoms with Gasteiger partial charge in [-0.2, -0.15) is 0 Å². The third kappa shape index (κ3) is 3.24. The lowest BCUT2D eigenvalue weighted by molar-refractivity contribution is 0.0694. The lowest BCUT2D eigenvalue weighted by Gasteiger charge is -2.28. The Morgan fingerprint density at radius 3 is 2.44 bits per heavy atom. The fourth-order valence-corrected chi connectivity index (χ4v) is 2.73. The van der Waals surface area contributed by atoms with E-state index in [1.54, 1.807) is 12.1 Å². The van der Waals surface area contributed by atoms with E-state index in [2.05, 4.69) is 0 Å². The second-order valence-corrected chi connectivity index (χ2v) is 4.82. The van der Waals surface area contributed by atoms with Crippen molar-refractivity contribution in [3.63, 3.8) is 0 Å². The van der Waals surface area contributed by atoms with Crippen molar-refractivity contribution in [1.29, 1.82) is 0 Å². The fourth-order valence-electron chi connectivity index (χ4n) is 2.73. The van der Waals surface area contributed by atoms with Crippen LogP contribution in [0.4, 0.5) is 0 Å². The van der Waals surface area contributed by atoms with Crippen molar-refractivity contribution in [2.75, 3.05) is 0 Å². The van der Waals surface area contributed by atoms with Gasteiger partial charge in [-0.15, -0.1) is 12.4 Å². The van der Waals surface area contributed by atoms with Crippen molar-refractivity contribution in [2.45, 2.75) is 38.1 Å². The van der Waals surface area contributed by atoms with Crippen molar-refractivity contribution in [3.8, 4) is 0 Å². The fraction of sp³-hybridized carbons (Fsp3) is 0.500. The molecule has 1 atom stereocenters. The van der Waals surface area contributed by atoms with Crippen LogP contribution in [0.1, 0.15) is 54.1 Å². The summed E-state index contributed by atoms with van der Waals surface area (Å²) in [5.74, 6) is -0.448. The van der Waals surface area contributed by atoms with Crippen LogP contribution in [0.2, 0.25) is 0 Å². The lowest BCUT2D eigenvalue weighted by Crippen LogP contribution is -2.25. The van der Waals surface area contributed by atoms with E-state index in [0.717, 1.165) is 18.4 Å². The summed E-state index contributed by atoms with van der Waals surface area (Å²) in [6, 6.07) is 6.97. The summed E-state index contributed by atoms with van der Waals surface area (Å²) in [6.07, 6.45) is 5.95. The number of hydrogen-bond acceptors (Lipinski definition) is 2. The summed E-state index contributed by atoms with van der Waals surface area (Å²) in [5.41, 5.74) is 7.38. The largest absolute Gasteiger partial charge is 0.478 e. The highest BCUT2D eigenvalue weighted by Gasteiger charge is 2.24. The lowest BCUT2D eigenvalue weighted by atomic mass is 9.80. The second-order valence-electron chi connectivity index (χ2n) is 4.82. The average molecular weight is 270 g/mol. The molecule has 1 aliphatic carbocycles. The van der Waals surface area contributed by atoms with Gasteiger partial charge in [-0.1, -0.05) is 37.5 Å². The van der Waals surface area contributed by atoms with Crippen molar-refractivity contribution in [3.05, 3.63) is 35.4 Å². The van der Waals surface area contributed by atoms with Crippen LogP contribution in [0.25, 0.3) is 0 Å². The van der Waals surface area contributed by atoms with Crippen LogP contribution in [0.15, 0.2) is 24.3 Å². The van der Waals surface area contributed by atoms with Crippen molar-refractivity contribution in [1.82, 2.24) is 0 Å². The van der Waals surface area contributed by atoms with Gasteiger partial charge in [0.05, 0.1) is 5.56 Å².